The van der Waals surface area contributed by atoms with Crippen LogP contribution < -0.4 is 4.74 Å². The van der Waals surface area contributed by atoms with Gasteiger partial charge in [0, 0.05) is 6.07 Å². The van der Waals surface area contributed by atoms with Crippen LogP contribution >= 0.6 is 0 Å². The van der Waals surface area contributed by atoms with E-state index in [9.17, 15) is 4.79 Å². The molecule has 18 heavy (non-hydrogen) atoms. The molecule has 2 aromatic rings. The van der Waals surface area contributed by atoms with Gasteiger partial charge in [-0.25, -0.2) is 4.79 Å². The van der Waals surface area contributed by atoms with Gasteiger partial charge in [-0.05, 0) is 23.8 Å². The predicted molar refractivity (Wildman–Crippen MR) is 65.4 cm³/mol. The molecule has 5 nitrogen and oxygen atoms in total. The molecule has 0 unspecified atom stereocenters. The molecule has 0 amide bonds. The average Bonchev–Trinajstić information content (AvgIpc) is 2.86. The first kappa shape index (κ1) is 11.9. The van der Waals surface area contributed by atoms with Crippen LogP contribution in [0.2, 0.25) is 0 Å². The minimum Gasteiger partial charge on any atom is -0.497 e. The van der Waals surface area contributed by atoms with Gasteiger partial charge in [0.05, 0.1) is 7.11 Å². The van der Waals surface area contributed by atoms with Crippen molar-refractivity contribution >= 4 is 18.1 Å². The lowest BCUT2D eigenvalue weighted by Gasteiger charge is -1.98. The van der Waals surface area contributed by atoms with Crippen LogP contribution in [0.3, 0.4) is 0 Å². The van der Waals surface area contributed by atoms with E-state index >= 15 is 0 Å². The third-order valence-corrected chi connectivity index (χ3v) is 2.30. The zero-order chi connectivity index (χ0) is 13.0. The highest BCUT2D eigenvalue weighted by Gasteiger charge is 2.08. The molecule has 0 saturated heterocycles. The van der Waals surface area contributed by atoms with Crippen LogP contribution in [-0.4, -0.2) is 23.3 Å². The summed E-state index contributed by atoms with van der Waals surface area (Å²) in [6.45, 7) is 0. The van der Waals surface area contributed by atoms with Gasteiger partial charge in [0.1, 0.15) is 5.75 Å². The van der Waals surface area contributed by atoms with Crippen LogP contribution in [0.25, 0.3) is 12.2 Å². The van der Waals surface area contributed by atoms with Crippen LogP contribution in [0, 0.1) is 0 Å². The van der Waals surface area contributed by atoms with Crippen molar-refractivity contribution in [1.29, 1.82) is 0 Å². The van der Waals surface area contributed by atoms with Crippen LogP contribution in [0.15, 0.2) is 34.9 Å². The summed E-state index contributed by atoms with van der Waals surface area (Å²) in [5, 5.41) is 12.1. The van der Waals surface area contributed by atoms with Crippen molar-refractivity contribution in [3.05, 3.63) is 47.3 Å². The van der Waals surface area contributed by atoms with Crippen molar-refractivity contribution in [2.45, 2.75) is 0 Å². The minimum atomic E-state index is -1.11. The quantitative estimate of drug-likeness (QED) is 0.896. The van der Waals surface area contributed by atoms with E-state index in [1.807, 2.05) is 24.3 Å². The first-order valence-electron chi connectivity index (χ1n) is 5.21. The van der Waals surface area contributed by atoms with Crippen molar-refractivity contribution in [1.82, 2.24) is 5.16 Å². The third-order valence-electron chi connectivity index (χ3n) is 2.30. The monoisotopic (exact) mass is 245 g/mol. The molecule has 92 valence electrons. The molecule has 1 aromatic carbocycles. The minimum absolute atomic E-state index is 0.107. The predicted octanol–water partition coefficient (Wildman–Crippen LogP) is 2.55. The van der Waals surface area contributed by atoms with Crippen LogP contribution in [0.4, 0.5) is 0 Å². The number of hydrogen-bond donors (Lipinski definition) is 1. The van der Waals surface area contributed by atoms with Crippen molar-refractivity contribution in [2.24, 2.45) is 0 Å². The number of carboxylic acids is 1. The van der Waals surface area contributed by atoms with Crippen LogP contribution in [0.5, 0.6) is 5.75 Å². The Kier molecular flexibility index (Phi) is 3.43. The van der Waals surface area contributed by atoms with Gasteiger partial charge < -0.3 is 14.4 Å². The van der Waals surface area contributed by atoms with Gasteiger partial charge in [0.15, 0.2) is 11.5 Å². The highest BCUT2D eigenvalue weighted by Crippen LogP contribution is 2.14. The smallest absolute Gasteiger partial charge is 0.358 e. The van der Waals surface area contributed by atoms with Crippen LogP contribution in [-0.2, 0) is 0 Å². The standard InChI is InChI=1S/C13H11NO4/c1-17-10-5-2-9(3-6-10)4-7-11-8-12(13(15)16)14-18-11/h2-8H,1H3,(H,15,16)/b7-4+. The van der Waals surface area contributed by atoms with E-state index in [1.54, 1.807) is 19.3 Å². The highest BCUT2D eigenvalue weighted by atomic mass is 16.5. The fourth-order valence-corrected chi connectivity index (χ4v) is 1.36. The normalized spacial score (nSPS) is 10.7. The van der Waals surface area contributed by atoms with Crippen molar-refractivity contribution in [2.75, 3.05) is 7.11 Å². The number of carboxylic acid groups (broad SMARTS) is 1. The van der Waals surface area contributed by atoms with Gasteiger partial charge in [-0.3, -0.25) is 0 Å². The second-order valence-corrected chi connectivity index (χ2v) is 3.53. The van der Waals surface area contributed by atoms with Crippen LogP contribution in [0.1, 0.15) is 21.8 Å². The van der Waals surface area contributed by atoms with E-state index in [-0.39, 0.29) is 5.69 Å². The molecule has 0 aliphatic carbocycles. The number of methoxy groups -OCH3 is 1. The topological polar surface area (TPSA) is 72.6 Å². The number of aromatic nitrogens is 1. The maximum Gasteiger partial charge on any atom is 0.358 e. The number of benzene rings is 1. The molecule has 5 heteroatoms. The van der Waals surface area contributed by atoms with E-state index in [4.69, 9.17) is 14.4 Å². The van der Waals surface area contributed by atoms with E-state index in [0.29, 0.717) is 5.76 Å². The van der Waals surface area contributed by atoms with E-state index < -0.39 is 5.97 Å². The number of carbonyl (C=O) groups is 1. The van der Waals surface area contributed by atoms with E-state index in [0.717, 1.165) is 11.3 Å². The molecule has 1 N–H and O–H groups in total. The van der Waals surface area contributed by atoms with Gasteiger partial charge in [0.2, 0.25) is 0 Å². The Bertz CT molecular complexity index is 569. The Balaban J connectivity index is 2.11. The Labute approximate surface area is 103 Å². The van der Waals surface area contributed by atoms with Gasteiger partial charge in [-0.1, -0.05) is 23.4 Å². The molecule has 0 spiro atoms. The van der Waals surface area contributed by atoms with E-state index in [2.05, 4.69) is 5.16 Å². The molecule has 0 radical (unpaired) electrons. The zero-order valence-electron chi connectivity index (χ0n) is 9.66. The van der Waals surface area contributed by atoms with Gasteiger partial charge in [-0.15, -0.1) is 0 Å². The lowest BCUT2D eigenvalue weighted by Crippen LogP contribution is -1.94. The van der Waals surface area contributed by atoms with E-state index in [1.165, 1.54) is 6.07 Å². The van der Waals surface area contributed by atoms with Crippen molar-refractivity contribution in [3.8, 4) is 5.75 Å². The summed E-state index contributed by atoms with van der Waals surface area (Å²) in [6, 6.07) is 8.79. The summed E-state index contributed by atoms with van der Waals surface area (Å²) < 4.78 is 9.89. The molecule has 0 fully saturated rings. The largest absolute Gasteiger partial charge is 0.497 e. The molecule has 2 rings (SSSR count). The molecule has 0 aliphatic heterocycles. The molecular weight excluding hydrogens is 234 g/mol. The summed E-state index contributed by atoms with van der Waals surface area (Å²) in [4.78, 5) is 10.6. The highest BCUT2D eigenvalue weighted by molar-refractivity contribution is 5.86. The molecule has 0 atom stereocenters. The Morgan fingerprint density at radius 3 is 2.61 bits per heavy atom. The first-order valence-corrected chi connectivity index (χ1v) is 5.21. The Hall–Kier alpha value is -2.56. The number of aromatic carboxylic acids is 1. The molecule has 1 aromatic heterocycles. The van der Waals surface area contributed by atoms with Crippen molar-refractivity contribution < 1.29 is 19.2 Å². The fourth-order valence-electron chi connectivity index (χ4n) is 1.36. The summed E-state index contributed by atoms with van der Waals surface area (Å²) in [7, 11) is 1.60. The molecule has 0 bridgehead atoms. The van der Waals surface area contributed by atoms with Gasteiger partial charge >= 0.3 is 5.97 Å². The lowest BCUT2D eigenvalue weighted by atomic mass is 10.2. The fraction of sp³-hybridized carbons (Fsp3) is 0.0769. The third kappa shape index (κ3) is 2.76. The summed E-state index contributed by atoms with van der Waals surface area (Å²) >= 11 is 0. The first-order chi connectivity index (χ1) is 8.69. The molecule has 1 heterocycles. The van der Waals surface area contributed by atoms with Crippen molar-refractivity contribution in [3.63, 3.8) is 0 Å². The summed E-state index contributed by atoms with van der Waals surface area (Å²) in [5.74, 6) is 0.0612. The lowest BCUT2D eigenvalue weighted by molar-refractivity contribution is 0.0685. The van der Waals surface area contributed by atoms with Gasteiger partial charge in [-0.2, -0.15) is 0 Å². The summed E-state index contributed by atoms with van der Waals surface area (Å²) in [5.41, 5.74) is 0.841. The maximum absolute atomic E-state index is 10.6. The maximum atomic E-state index is 10.6. The molecule has 0 aliphatic rings. The number of ether oxygens (including phenoxy) is 1. The molecule has 0 saturated carbocycles. The SMILES string of the molecule is COc1ccc(/C=C/c2cc(C(=O)O)no2)cc1. The summed E-state index contributed by atoms with van der Waals surface area (Å²) in [6.07, 6.45) is 3.45. The molecular formula is C13H11NO4. The Morgan fingerprint density at radius 1 is 1.33 bits per heavy atom. The second-order valence-electron chi connectivity index (χ2n) is 3.53. The zero-order valence-corrected chi connectivity index (χ0v) is 9.66. The number of nitrogens with zero attached hydrogens (tertiary/aromatic N) is 1. The number of rotatable bonds is 4. The number of hydrogen-bond acceptors (Lipinski definition) is 4. The Morgan fingerprint density at radius 2 is 2.06 bits per heavy atom. The average molecular weight is 245 g/mol. The van der Waals surface area contributed by atoms with Gasteiger partial charge in [0.25, 0.3) is 0 Å². The second kappa shape index (κ2) is 5.18.